The van der Waals surface area contributed by atoms with Crippen molar-refractivity contribution in [2.75, 3.05) is 0 Å². The van der Waals surface area contributed by atoms with E-state index in [1.54, 1.807) is 0 Å². The van der Waals surface area contributed by atoms with Crippen molar-refractivity contribution >= 4 is 5.76 Å². The van der Waals surface area contributed by atoms with Crippen molar-refractivity contribution in [2.24, 2.45) is 0 Å². The van der Waals surface area contributed by atoms with Gasteiger partial charge in [0, 0.05) is 0 Å². The zero-order valence-electron chi connectivity index (χ0n) is 13.0. The van der Waals surface area contributed by atoms with Crippen molar-refractivity contribution < 1.29 is 39.2 Å². The van der Waals surface area contributed by atoms with Crippen LogP contribution < -0.4 is 5.11 Å². The van der Waals surface area contributed by atoms with Gasteiger partial charge in [0.1, 0.15) is 0 Å². The summed E-state index contributed by atoms with van der Waals surface area (Å²) in [7, 11) is 0. The number of allylic oxidation sites excluding steroid dienone is 5. The monoisotopic (exact) mass is 398 g/mol. The Labute approximate surface area is 165 Å². The molecule has 0 saturated carbocycles. The first-order chi connectivity index (χ1) is 10.9. The smallest absolute Gasteiger partial charge is 0.885 e. The Kier molecular flexibility index (Phi) is 12.5. The van der Waals surface area contributed by atoms with Gasteiger partial charge in [-0.2, -0.15) is 54.3 Å². The Balaban J connectivity index is 0.000000370. The molecule has 0 unspecified atom stereocenters. The fourth-order valence-corrected chi connectivity index (χ4v) is 1.86. The fourth-order valence-electron chi connectivity index (χ4n) is 1.86. The van der Waals surface area contributed by atoms with Gasteiger partial charge in [0.05, 0.1) is 0 Å². The summed E-state index contributed by atoms with van der Waals surface area (Å²) >= 11 is 0. The van der Waals surface area contributed by atoms with Gasteiger partial charge in [-0.05, 0) is 0 Å². The van der Waals surface area contributed by atoms with Crippen LogP contribution in [0.5, 0.6) is 0 Å². The normalized spacial score (nSPS) is 10.4. The molecule has 0 aliphatic heterocycles. The molecule has 3 aromatic carbocycles. The molecule has 0 saturated heterocycles. The predicted molar refractivity (Wildman–Crippen MR) is 91.3 cm³/mol. The number of rotatable bonds is 1. The summed E-state index contributed by atoms with van der Waals surface area (Å²) < 4.78 is 0. The summed E-state index contributed by atoms with van der Waals surface area (Å²) in [6.45, 7) is 0. The zero-order chi connectivity index (χ0) is 15.5. The largest absolute Gasteiger partial charge is 2.00 e. The van der Waals surface area contributed by atoms with E-state index in [2.05, 4.69) is 0 Å². The molecular weight excluding hydrogens is 380 g/mol. The summed E-state index contributed by atoms with van der Waals surface area (Å²) in [5.74, 6) is 0.102. The molecule has 0 heterocycles. The van der Waals surface area contributed by atoms with Crippen LogP contribution in [0, 0.1) is 0 Å². The van der Waals surface area contributed by atoms with Crippen LogP contribution in [-0.2, 0) is 34.1 Å². The Morgan fingerprint density at radius 2 is 1.12 bits per heavy atom. The summed E-state index contributed by atoms with van der Waals surface area (Å²) in [5.41, 5.74) is 1.53. The minimum Gasteiger partial charge on any atom is -0.885 e. The van der Waals surface area contributed by atoms with Gasteiger partial charge in [-0.3, -0.25) is 0 Å². The fraction of sp³-hybridized carbons (Fsp3) is 0. The maximum atomic E-state index is 11.6. The van der Waals surface area contributed by atoms with Crippen LogP contribution in [0.3, 0.4) is 0 Å². The van der Waals surface area contributed by atoms with Crippen LogP contribution >= 0.6 is 0 Å². The average Bonchev–Trinajstić information content (AvgIpc) is 3.42. The SMILES string of the molecule is [Fe+2].[Fe+2].[O-]C(=C1C=CC=C1)[c-]1cccc1.c1cc[cH-]c1.c1cc[cH-]c1. The second kappa shape index (κ2) is 13.5. The van der Waals surface area contributed by atoms with Gasteiger partial charge in [0.2, 0.25) is 0 Å². The summed E-state index contributed by atoms with van der Waals surface area (Å²) in [6, 6.07) is 27.4. The molecule has 4 rings (SSSR count). The third-order valence-corrected chi connectivity index (χ3v) is 2.96. The third-order valence-electron chi connectivity index (χ3n) is 2.96. The molecule has 0 bridgehead atoms. The van der Waals surface area contributed by atoms with Gasteiger partial charge in [-0.1, -0.05) is 24.3 Å². The van der Waals surface area contributed by atoms with E-state index < -0.39 is 0 Å². The van der Waals surface area contributed by atoms with Gasteiger partial charge < -0.3 is 5.11 Å². The molecule has 0 aromatic heterocycles. The molecule has 0 amide bonds. The van der Waals surface area contributed by atoms with Crippen molar-refractivity contribution in [1.82, 2.24) is 0 Å². The molecule has 1 nitrogen and oxygen atoms in total. The van der Waals surface area contributed by atoms with Crippen LogP contribution in [0.25, 0.3) is 5.76 Å². The quantitative estimate of drug-likeness (QED) is 0.339. The van der Waals surface area contributed by atoms with Crippen molar-refractivity contribution in [3.05, 3.63) is 120 Å². The second-order valence-corrected chi connectivity index (χ2v) is 4.60. The molecular formula is C21H18Fe2O. The molecule has 1 aliphatic carbocycles. The van der Waals surface area contributed by atoms with Gasteiger partial charge in [-0.15, -0.1) is 23.3 Å². The van der Waals surface area contributed by atoms with Gasteiger partial charge in [0.15, 0.2) is 0 Å². The van der Waals surface area contributed by atoms with Crippen molar-refractivity contribution in [3.63, 3.8) is 0 Å². The van der Waals surface area contributed by atoms with Crippen molar-refractivity contribution in [1.29, 1.82) is 0 Å². The average molecular weight is 398 g/mol. The molecule has 0 fully saturated rings. The Morgan fingerprint density at radius 1 is 0.708 bits per heavy atom. The zero-order valence-corrected chi connectivity index (χ0v) is 15.2. The Morgan fingerprint density at radius 3 is 1.46 bits per heavy atom. The van der Waals surface area contributed by atoms with E-state index >= 15 is 0 Å². The molecule has 0 radical (unpaired) electrons. The number of hydrogen-bond acceptors (Lipinski definition) is 1. The van der Waals surface area contributed by atoms with E-state index in [-0.39, 0.29) is 39.9 Å². The number of hydrogen-bond donors (Lipinski definition) is 0. The topological polar surface area (TPSA) is 23.1 Å². The Bertz CT molecular complexity index is 611. The second-order valence-electron chi connectivity index (χ2n) is 4.60. The predicted octanol–water partition coefficient (Wildman–Crippen LogP) is 4.41. The first kappa shape index (κ1) is 22.1. The molecule has 1 aliphatic rings. The van der Waals surface area contributed by atoms with Crippen LogP contribution in [-0.4, -0.2) is 0 Å². The van der Waals surface area contributed by atoms with E-state index in [4.69, 9.17) is 0 Å². The van der Waals surface area contributed by atoms with Gasteiger partial charge in [0.25, 0.3) is 0 Å². The van der Waals surface area contributed by atoms with Crippen LogP contribution in [0.4, 0.5) is 0 Å². The first-order valence-corrected chi connectivity index (χ1v) is 7.19. The summed E-state index contributed by atoms with van der Waals surface area (Å²) in [5, 5.41) is 11.6. The van der Waals surface area contributed by atoms with Crippen LogP contribution in [0.1, 0.15) is 5.56 Å². The summed E-state index contributed by atoms with van der Waals surface area (Å²) in [4.78, 5) is 0. The van der Waals surface area contributed by atoms with E-state index in [0.717, 1.165) is 11.1 Å². The molecule has 24 heavy (non-hydrogen) atoms. The molecule has 124 valence electrons. The van der Waals surface area contributed by atoms with Crippen molar-refractivity contribution in [3.8, 4) is 0 Å². The van der Waals surface area contributed by atoms with Crippen LogP contribution in [0.15, 0.2) is 115 Å². The third kappa shape index (κ3) is 8.10. The van der Waals surface area contributed by atoms with Gasteiger partial charge >= 0.3 is 34.1 Å². The van der Waals surface area contributed by atoms with Gasteiger partial charge in [-0.25, -0.2) is 24.3 Å². The minimum absolute atomic E-state index is 0. The molecule has 3 heteroatoms. The first-order valence-electron chi connectivity index (χ1n) is 7.19. The molecule has 0 spiro atoms. The van der Waals surface area contributed by atoms with E-state index in [0.29, 0.717) is 0 Å². The maximum Gasteiger partial charge on any atom is 2.00 e. The standard InChI is InChI=1S/C11H9O.2C5H5.2Fe/c12-11(9-5-1-2-6-9)10-7-3-4-8-10;2*1-2-4-5-3-1;;/h1-8,12H;2*1-5H;;/q3*-1;2*+2/p-1. The van der Waals surface area contributed by atoms with E-state index in [9.17, 15) is 5.11 Å². The molecule has 0 N–H and O–H groups in total. The van der Waals surface area contributed by atoms with Crippen LogP contribution in [0.2, 0.25) is 0 Å². The minimum atomic E-state index is 0. The van der Waals surface area contributed by atoms with Crippen molar-refractivity contribution in [2.45, 2.75) is 0 Å². The maximum absolute atomic E-state index is 11.6. The molecule has 0 atom stereocenters. The summed E-state index contributed by atoms with van der Waals surface area (Å²) in [6.07, 6.45) is 7.40. The Hall–Kier alpha value is -1.89. The molecule has 3 aromatic rings. The van der Waals surface area contributed by atoms with E-state index in [1.807, 2.05) is 109 Å². The van der Waals surface area contributed by atoms with E-state index in [1.165, 1.54) is 0 Å².